The number of rotatable bonds is 5. The molecule has 0 atom stereocenters. The van der Waals surface area contributed by atoms with Gasteiger partial charge < -0.3 is 9.64 Å². The van der Waals surface area contributed by atoms with Crippen LogP contribution in [0.1, 0.15) is 0 Å². The maximum Gasteiger partial charge on any atom is 0.243 e. The van der Waals surface area contributed by atoms with E-state index in [2.05, 4.69) is 15.2 Å². The van der Waals surface area contributed by atoms with E-state index in [0.717, 1.165) is 17.3 Å². The van der Waals surface area contributed by atoms with Gasteiger partial charge in [-0.1, -0.05) is 0 Å². The fourth-order valence-electron chi connectivity index (χ4n) is 3.28. The molecule has 0 spiro atoms. The van der Waals surface area contributed by atoms with Crippen LogP contribution in [0.5, 0.6) is 5.75 Å². The Hall–Kier alpha value is -3.11. The molecule has 0 radical (unpaired) electrons. The summed E-state index contributed by atoms with van der Waals surface area (Å²) in [5, 5.41) is 8.52. The molecule has 10 heteroatoms. The molecular formula is C20H20FN5O3S. The minimum absolute atomic E-state index is 0.00655. The van der Waals surface area contributed by atoms with Gasteiger partial charge in [-0.25, -0.2) is 12.8 Å². The van der Waals surface area contributed by atoms with E-state index in [1.54, 1.807) is 12.4 Å². The second-order valence-electron chi connectivity index (χ2n) is 6.71. The maximum absolute atomic E-state index is 14.0. The molecule has 0 amide bonds. The van der Waals surface area contributed by atoms with Crippen molar-refractivity contribution in [3.8, 4) is 17.0 Å². The molecule has 0 unspecified atom stereocenters. The number of piperazine rings is 1. The highest BCUT2D eigenvalue weighted by Gasteiger charge is 2.29. The van der Waals surface area contributed by atoms with Gasteiger partial charge in [-0.15, -0.1) is 10.2 Å². The van der Waals surface area contributed by atoms with Gasteiger partial charge in [-0.05, 0) is 42.5 Å². The summed E-state index contributed by atoms with van der Waals surface area (Å²) in [6.07, 6.45) is 3.41. The first-order valence-electron chi connectivity index (χ1n) is 9.32. The Labute approximate surface area is 174 Å². The van der Waals surface area contributed by atoms with Crippen LogP contribution in [-0.2, 0) is 10.0 Å². The van der Waals surface area contributed by atoms with Gasteiger partial charge in [-0.2, -0.15) is 4.31 Å². The van der Waals surface area contributed by atoms with E-state index < -0.39 is 15.8 Å². The highest BCUT2D eigenvalue weighted by Crippen LogP contribution is 2.25. The average molecular weight is 429 g/mol. The summed E-state index contributed by atoms with van der Waals surface area (Å²) < 4.78 is 45.9. The Morgan fingerprint density at radius 3 is 2.43 bits per heavy atom. The van der Waals surface area contributed by atoms with Gasteiger partial charge in [0.25, 0.3) is 0 Å². The van der Waals surface area contributed by atoms with E-state index in [1.807, 2.05) is 29.2 Å². The van der Waals surface area contributed by atoms with Crippen LogP contribution >= 0.6 is 0 Å². The van der Waals surface area contributed by atoms with Gasteiger partial charge in [0, 0.05) is 44.1 Å². The van der Waals surface area contributed by atoms with Gasteiger partial charge in [0.15, 0.2) is 17.4 Å². The molecule has 8 nitrogen and oxygen atoms in total. The van der Waals surface area contributed by atoms with Crippen LogP contribution in [0, 0.1) is 5.82 Å². The lowest BCUT2D eigenvalue weighted by Crippen LogP contribution is -2.49. The Morgan fingerprint density at radius 2 is 1.83 bits per heavy atom. The van der Waals surface area contributed by atoms with Crippen molar-refractivity contribution in [3.63, 3.8) is 0 Å². The molecule has 4 rings (SSSR count). The van der Waals surface area contributed by atoms with Crippen molar-refractivity contribution in [2.24, 2.45) is 0 Å². The van der Waals surface area contributed by atoms with E-state index >= 15 is 0 Å². The fourth-order valence-corrected chi connectivity index (χ4v) is 4.71. The molecule has 30 heavy (non-hydrogen) atoms. The molecule has 1 aliphatic heterocycles. The predicted octanol–water partition coefficient (Wildman–Crippen LogP) is 2.20. The maximum atomic E-state index is 14.0. The number of aromatic nitrogens is 3. The fraction of sp³-hybridized carbons (Fsp3) is 0.250. The summed E-state index contributed by atoms with van der Waals surface area (Å²) in [6, 6.07) is 11.1. The highest BCUT2D eigenvalue weighted by molar-refractivity contribution is 7.89. The standard InChI is InChI=1S/C20H20FN5O3S/c1-29-19-6-4-16(13-17(19)21)30(27,28)26-11-9-25(10-12-26)20-7-5-18(23-24-20)15-3-2-8-22-14-15/h2-8,13-14H,9-12H2,1H3. The number of sulfonamides is 1. The number of hydrogen-bond acceptors (Lipinski definition) is 7. The molecule has 156 valence electrons. The van der Waals surface area contributed by atoms with Crippen LogP contribution in [-0.4, -0.2) is 61.2 Å². The summed E-state index contributed by atoms with van der Waals surface area (Å²) in [4.78, 5) is 5.96. The van der Waals surface area contributed by atoms with Crippen LogP contribution in [0.25, 0.3) is 11.3 Å². The summed E-state index contributed by atoms with van der Waals surface area (Å²) >= 11 is 0. The molecule has 0 aliphatic carbocycles. The second-order valence-corrected chi connectivity index (χ2v) is 8.64. The Bertz CT molecular complexity index is 1120. The molecule has 0 saturated carbocycles. The molecule has 1 saturated heterocycles. The zero-order valence-corrected chi connectivity index (χ0v) is 17.1. The van der Waals surface area contributed by atoms with Crippen molar-refractivity contribution in [1.29, 1.82) is 0 Å². The van der Waals surface area contributed by atoms with Crippen molar-refractivity contribution in [2.75, 3.05) is 38.2 Å². The van der Waals surface area contributed by atoms with Gasteiger partial charge >= 0.3 is 0 Å². The molecule has 0 N–H and O–H groups in total. The summed E-state index contributed by atoms with van der Waals surface area (Å²) in [5.41, 5.74) is 1.59. The van der Waals surface area contributed by atoms with Gasteiger partial charge in [0.05, 0.1) is 17.7 Å². The topological polar surface area (TPSA) is 88.5 Å². The van der Waals surface area contributed by atoms with Crippen LogP contribution in [0.3, 0.4) is 0 Å². The molecule has 2 aromatic heterocycles. The number of halogens is 1. The first-order chi connectivity index (χ1) is 14.5. The van der Waals surface area contributed by atoms with Crippen molar-refractivity contribution in [1.82, 2.24) is 19.5 Å². The second kappa shape index (κ2) is 8.33. The van der Waals surface area contributed by atoms with E-state index in [-0.39, 0.29) is 23.7 Å². The molecule has 0 bridgehead atoms. The molecule has 1 aromatic carbocycles. The van der Waals surface area contributed by atoms with Gasteiger partial charge in [0.2, 0.25) is 10.0 Å². The van der Waals surface area contributed by atoms with E-state index in [1.165, 1.54) is 23.5 Å². The molecule has 1 aliphatic rings. The Balaban J connectivity index is 1.44. The molecule has 3 heterocycles. The van der Waals surface area contributed by atoms with Crippen molar-refractivity contribution in [3.05, 3.63) is 60.7 Å². The first kappa shape index (κ1) is 20.2. The van der Waals surface area contributed by atoms with Crippen LogP contribution < -0.4 is 9.64 Å². The van der Waals surface area contributed by atoms with Crippen molar-refractivity contribution < 1.29 is 17.5 Å². The lowest BCUT2D eigenvalue weighted by molar-refractivity contribution is 0.379. The van der Waals surface area contributed by atoms with E-state index in [0.29, 0.717) is 18.9 Å². The zero-order chi connectivity index (χ0) is 21.1. The van der Waals surface area contributed by atoms with Crippen LogP contribution in [0.4, 0.5) is 10.2 Å². The zero-order valence-electron chi connectivity index (χ0n) is 16.3. The molecule has 3 aromatic rings. The monoisotopic (exact) mass is 429 g/mol. The third-order valence-electron chi connectivity index (χ3n) is 4.93. The Kier molecular flexibility index (Phi) is 5.60. The largest absolute Gasteiger partial charge is 0.494 e. The number of nitrogens with zero attached hydrogens (tertiary/aromatic N) is 5. The molecule has 1 fully saturated rings. The minimum atomic E-state index is -3.79. The summed E-state index contributed by atoms with van der Waals surface area (Å²) in [5.74, 6) is -0.0246. The number of anilines is 1. The number of benzene rings is 1. The van der Waals surface area contributed by atoms with E-state index in [9.17, 15) is 12.8 Å². The predicted molar refractivity (Wildman–Crippen MR) is 109 cm³/mol. The van der Waals surface area contributed by atoms with E-state index in [4.69, 9.17) is 4.74 Å². The Morgan fingerprint density at radius 1 is 1.03 bits per heavy atom. The van der Waals surface area contributed by atoms with Crippen LogP contribution in [0.2, 0.25) is 0 Å². The number of hydrogen-bond donors (Lipinski definition) is 0. The average Bonchev–Trinajstić information content (AvgIpc) is 2.80. The third-order valence-corrected chi connectivity index (χ3v) is 6.83. The quantitative estimate of drug-likeness (QED) is 0.614. The highest BCUT2D eigenvalue weighted by atomic mass is 32.2. The minimum Gasteiger partial charge on any atom is -0.494 e. The van der Waals surface area contributed by atoms with Gasteiger partial charge in [0.1, 0.15) is 0 Å². The summed E-state index contributed by atoms with van der Waals surface area (Å²) in [7, 11) is -2.46. The lowest BCUT2D eigenvalue weighted by atomic mass is 10.2. The lowest BCUT2D eigenvalue weighted by Gasteiger charge is -2.34. The molecular weight excluding hydrogens is 409 g/mol. The smallest absolute Gasteiger partial charge is 0.243 e. The SMILES string of the molecule is COc1ccc(S(=O)(=O)N2CCN(c3ccc(-c4cccnc4)nn3)CC2)cc1F. The third kappa shape index (κ3) is 3.96. The number of pyridine rings is 1. The van der Waals surface area contributed by atoms with Crippen LogP contribution in [0.15, 0.2) is 59.8 Å². The van der Waals surface area contributed by atoms with Crippen molar-refractivity contribution in [2.45, 2.75) is 4.90 Å². The number of methoxy groups -OCH3 is 1. The normalized spacial score (nSPS) is 15.2. The van der Waals surface area contributed by atoms with Gasteiger partial charge in [-0.3, -0.25) is 4.98 Å². The first-order valence-corrected chi connectivity index (χ1v) is 10.8. The number of ether oxygens (including phenoxy) is 1. The van der Waals surface area contributed by atoms with Crippen molar-refractivity contribution >= 4 is 15.8 Å². The summed E-state index contributed by atoms with van der Waals surface area (Å²) in [6.45, 7) is 1.45.